The first-order chi connectivity index (χ1) is 8.00. The molecule has 0 spiro atoms. The smallest absolute Gasteiger partial charge is 0.239 e. The molecule has 0 radical (unpaired) electrons. The summed E-state index contributed by atoms with van der Waals surface area (Å²) in [6, 6.07) is -0.383. The molecule has 7 heteroatoms. The molecule has 1 rings (SSSR count). The Bertz CT molecular complexity index is 245. The lowest BCUT2D eigenvalue weighted by atomic mass is 10.2. The first-order valence-electron chi connectivity index (χ1n) is 6.39. The molecular formula is C12H27Cl2N3O2. The highest BCUT2D eigenvalue weighted by atomic mass is 35.5. The van der Waals surface area contributed by atoms with E-state index >= 15 is 0 Å². The van der Waals surface area contributed by atoms with Crippen LogP contribution in [0.2, 0.25) is 0 Å². The van der Waals surface area contributed by atoms with Crippen LogP contribution in [0.1, 0.15) is 20.8 Å². The third-order valence-corrected chi connectivity index (χ3v) is 2.93. The van der Waals surface area contributed by atoms with E-state index in [2.05, 4.69) is 4.90 Å². The van der Waals surface area contributed by atoms with Gasteiger partial charge in [-0.3, -0.25) is 9.69 Å². The molecule has 1 aliphatic rings. The van der Waals surface area contributed by atoms with Crippen LogP contribution in [-0.4, -0.2) is 67.2 Å². The molecule has 1 fully saturated rings. The Labute approximate surface area is 128 Å². The number of hydrogen-bond donors (Lipinski definition) is 1. The van der Waals surface area contributed by atoms with Crippen LogP contribution in [0.3, 0.4) is 0 Å². The molecule has 0 bridgehead atoms. The third-order valence-electron chi connectivity index (χ3n) is 2.93. The van der Waals surface area contributed by atoms with Crippen molar-refractivity contribution in [2.45, 2.75) is 32.9 Å². The molecule has 2 N–H and O–H groups in total. The Morgan fingerprint density at radius 2 is 1.68 bits per heavy atom. The van der Waals surface area contributed by atoms with Crippen LogP contribution in [0.15, 0.2) is 0 Å². The molecule has 0 saturated carbocycles. The van der Waals surface area contributed by atoms with Crippen molar-refractivity contribution in [2.75, 3.05) is 39.3 Å². The van der Waals surface area contributed by atoms with E-state index in [-0.39, 0.29) is 42.9 Å². The fourth-order valence-electron chi connectivity index (χ4n) is 1.90. The van der Waals surface area contributed by atoms with Crippen LogP contribution >= 0.6 is 24.8 Å². The van der Waals surface area contributed by atoms with Crippen molar-refractivity contribution in [2.24, 2.45) is 5.73 Å². The number of carbonyl (C=O) groups is 1. The van der Waals surface area contributed by atoms with E-state index in [1.54, 1.807) is 6.92 Å². The molecule has 1 atom stereocenters. The predicted octanol–water partition coefficient (Wildman–Crippen LogP) is 0.746. The van der Waals surface area contributed by atoms with Crippen LogP contribution < -0.4 is 5.73 Å². The predicted molar refractivity (Wildman–Crippen MR) is 82.3 cm³/mol. The number of piperazine rings is 1. The Balaban J connectivity index is 0. The fraction of sp³-hybridized carbons (Fsp3) is 0.917. The van der Waals surface area contributed by atoms with Gasteiger partial charge >= 0.3 is 0 Å². The molecule has 0 aliphatic carbocycles. The molecule has 1 saturated heterocycles. The summed E-state index contributed by atoms with van der Waals surface area (Å²) in [5.74, 6) is 0.0584. The number of amides is 1. The minimum Gasteiger partial charge on any atom is -0.377 e. The lowest BCUT2D eigenvalue weighted by molar-refractivity contribution is -0.134. The summed E-state index contributed by atoms with van der Waals surface area (Å²) in [7, 11) is 0. The Morgan fingerprint density at radius 3 is 2.11 bits per heavy atom. The van der Waals surface area contributed by atoms with Crippen molar-refractivity contribution in [3.05, 3.63) is 0 Å². The average molecular weight is 316 g/mol. The van der Waals surface area contributed by atoms with E-state index in [4.69, 9.17) is 10.5 Å². The topological polar surface area (TPSA) is 58.8 Å². The van der Waals surface area contributed by atoms with Crippen molar-refractivity contribution in [1.29, 1.82) is 0 Å². The molecule has 1 amide bonds. The van der Waals surface area contributed by atoms with Crippen molar-refractivity contribution in [3.63, 3.8) is 0 Å². The molecule has 5 nitrogen and oxygen atoms in total. The summed E-state index contributed by atoms with van der Waals surface area (Å²) in [5, 5.41) is 0. The Kier molecular flexibility index (Phi) is 11.9. The average Bonchev–Trinajstić information content (AvgIpc) is 2.28. The van der Waals surface area contributed by atoms with E-state index in [0.29, 0.717) is 0 Å². The zero-order valence-corrected chi connectivity index (χ0v) is 13.6. The molecule has 0 aromatic carbocycles. The zero-order chi connectivity index (χ0) is 12.8. The number of nitrogens with two attached hydrogens (primary N) is 1. The molecule has 0 unspecified atom stereocenters. The molecule has 0 aromatic heterocycles. The number of hydrogen-bond acceptors (Lipinski definition) is 4. The normalized spacial score (nSPS) is 17.6. The molecular weight excluding hydrogens is 289 g/mol. The lowest BCUT2D eigenvalue weighted by Crippen LogP contribution is -2.52. The van der Waals surface area contributed by atoms with Crippen LogP contribution in [0.4, 0.5) is 0 Å². The van der Waals surface area contributed by atoms with Gasteiger partial charge in [-0.2, -0.15) is 0 Å². The molecule has 1 heterocycles. The van der Waals surface area contributed by atoms with Crippen molar-refractivity contribution in [1.82, 2.24) is 9.80 Å². The summed E-state index contributed by atoms with van der Waals surface area (Å²) in [4.78, 5) is 15.8. The maximum absolute atomic E-state index is 11.7. The van der Waals surface area contributed by atoms with Crippen LogP contribution in [-0.2, 0) is 9.53 Å². The number of carbonyl (C=O) groups excluding carboxylic acids is 1. The maximum Gasteiger partial charge on any atom is 0.239 e. The van der Waals surface area contributed by atoms with Crippen molar-refractivity contribution in [3.8, 4) is 0 Å². The highest BCUT2D eigenvalue weighted by Gasteiger charge is 2.22. The number of ether oxygens (including phenoxy) is 1. The van der Waals surface area contributed by atoms with Crippen LogP contribution in [0.5, 0.6) is 0 Å². The van der Waals surface area contributed by atoms with Crippen molar-refractivity contribution < 1.29 is 9.53 Å². The number of rotatable bonds is 5. The SMILES string of the molecule is CC(C)OCCN1CCN(C(=O)[C@@H](C)N)CC1.Cl.Cl. The van der Waals surface area contributed by atoms with E-state index in [1.165, 1.54) is 0 Å². The van der Waals surface area contributed by atoms with Gasteiger partial charge in [0.2, 0.25) is 5.91 Å². The lowest BCUT2D eigenvalue weighted by Gasteiger charge is -2.35. The van der Waals surface area contributed by atoms with E-state index in [1.807, 2.05) is 18.7 Å². The fourth-order valence-corrected chi connectivity index (χ4v) is 1.90. The zero-order valence-electron chi connectivity index (χ0n) is 12.0. The summed E-state index contributed by atoms with van der Waals surface area (Å²) < 4.78 is 5.51. The van der Waals surface area contributed by atoms with Gasteiger partial charge in [0.15, 0.2) is 0 Å². The summed E-state index contributed by atoms with van der Waals surface area (Å²) in [6.45, 7) is 10.9. The van der Waals surface area contributed by atoms with Crippen LogP contribution in [0.25, 0.3) is 0 Å². The van der Waals surface area contributed by atoms with Gasteiger partial charge in [-0.05, 0) is 20.8 Å². The van der Waals surface area contributed by atoms with Gasteiger partial charge in [0, 0.05) is 32.7 Å². The maximum atomic E-state index is 11.7. The Hall–Kier alpha value is -0.0700. The molecule has 1 aliphatic heterocycles. The summed E-state index contributed by atoms with van der Waals surface area (Å²) >= 11 is 0. The van der Waals surface area contributed by atoms with Gasteiger partial charge in [0.25, 0.3) is 0 Å². The second-order valence-electron chi connectivity index (χ2n) is 4.88. The standard InChI is InChI=1S/C12H25N3O2.2ClH/c1-10(2)17-9-8-14-4-6-15(7-5-14)12(16)11(3)13;;/h10-11H,4-9,13H2,1-3H3;2*1H/t11-;;/m1../s1. The molecule has 0 aromatic rings. The molecule has 19 heavy (non-hydrogen) atoms. The minimum atomic E-state index is -0.383. The highest BCUT2D eigenvalue weighted by molar-refractivity contribution is 5.85. The third kappa shape index (κ3) is 7.95. The van der Waals surface area contributed by atoms with Gasteiger partial charge < -0.3 is 15.4 Å². The number of halogens is 2. The van der Waals surface area contributed by atoms with E-state index in [9.17, 15) is 4.79 Å². The highest BCUT2D eigenvalue weighted by Crippen LogP contribution is 2.03. The van der Waals surface area contributed by atoms with Gasteiger partial charge in [0.1, 0.15) is 0 Å². The second-order valence-corrected chi connectivity index (χ2v) is 4.88. The first kappa shape index (κ1) is 21.2. The summed E-state index contributed by atoms with van der Waals surface area (Å²) in [5.41, 5.74) is 5.59. The van der Waals surface area contributed by atoms with Gasteiger partial charge in [-0.1, -0.05) is 0 Å². The van der Waals surface area contributed by atoms with Crippen LogP contribution in [0, 0.1) is 0 Å². The van der Waals surface area contributed by atoms with Gasteiger partial charge in [-0.15, -0.1) is 24.8 Å². The Morgan fingerprint density at radius 1 is 1.16 bits per heavy atom. The van der Waals surface area contributed by atoms with E-state index in [0.717, 1.165) is 39.3 Å². The first-order valence-corrected chi connectivity index (χ1v) is 6.39. The molecule has 116 valence electrons. The minimum absolute atomic E-state index is 0. The van der Waals surface area contributed by atoms with E-state index < -0.39 is 0 Å². The quantitative estimate of drug-likeness (QED) is 0.813. The largest absolute Gasteiger partial charge is 0.377 e. The second kappa shape index (κ2) is 10.7. The van der Waals surface area contributed by atoms with Crippen molar-refractivity contribution >= 4 is 30.7 Å². The van der Waals surface area contributed by atoms with Gasteiger partial charge in [-0.25, -0.2) is 0 Å². The monoisotopic (exact) mass is 315 g/mol. The van der Waals surface area contributed by atoms with Gasteiger partial charge in [0.05, 0.1) is 18.8 Å². The number of nitrogens with zero attached hydrogens (tertiary/aromatic N) is 2. The summed E-state index contributed by atoms with van der Waals surface area (Å²) in [6.07, 6.45) is 0.288.